The molecule has 2 aliphatic rings. The quantitative estimate of drug-likeness (QED) is 0.398. The Hall–Kier alpha value is -3.00. The summed E-state index contributed by atoms with van der Waals surface area (Å²) < 4.78 is 5.97. The summed E-state index contributed by atoms with van der Waals surface area (Å²) in [6.07, 6.45) is 4.96. The number of nitrogen functional groups attached to an aromatic ring is 1. The monoisotopic (exact) mass is 396 g/mol. The Bertz CT molecular complexity index is 872. The first-order valence-corrected chi connectivity index (χ1v) is 9.64. The summed E-state index contributed by atoms with van der Waals surface area (Å²) in [4.78, 5) is 23.9. The topological polar surface area (TPSA) is 107 Å². The third kappa shape index (κ3) is 5.29. The van der Waals surface area contributed by atoms with Gasteiger partial charge in [-0.25, -0.2) is 4.99 Å². The molecule has 0 bridgehead atoms. The molecular weight excluding hydrogens is 368 g/mol. The van der Waals surface area contributed by atoms with Gasteiger partial charge in [0.25, 0.3) is 0 Å². The van der Waals surface area contributed by atoms with Gasteiger partial charge in [-0.3, -0.25) is 20.1 Å². The van der Waals surface area contributed by atoms with E-state index in [0.717, 1.165) is 19.4 Å². The van der Waals surface area contributed by atoms with Crippen molar-refractivity contribution in [1.82, 2.24) is 9.80 Å². The highest BCUT2D eigenvalue weighted by molar-refractivity contribution is 6.52. The Balaban J connectivity index is 1.65. The molecule has 1 saturated carbocycles. The van der Waals surface area contributed by atoms with E-state index in [1.54, 1.807) is 24.1 Å². The largest absolute Gasteiger partial charge is 0.488 e. The molecule has 29 heavy (non-hydrogen) atoms. The number of allylic oxidation sites excluding steroid dienone is 1. The number of hydrogen-bond acceptors (Lipinski definition) is 6. The summed E-state index contributed by atoms with van der Waals surface area (Å²) >= 11 is 0. The number of likely N-dealkylation sites (N-methyl/N-ethyl adjacent to an activating group) is 1. The lowest BCUT2D eigenvalue weighted by molar-refractivity contribution is -0.134. The van der Waals surface area contributed by atoms with E-state index in [-0.39, 0.29) is 17.2 Å². The molecule has 3 N–H and O–H groups in total. The van der Waals surface area contributed by atoms with E-state index < -0.39 is 0 Å². The fourth-order valence-corrected chi connectivity index (χ4v) is 2.92. The summed E-state index contributed by atoms with van der Waals surface area (Å²) in [6, 6.07) is 5.33. The minimum atomic E-state index is -0.109. The fourth-order valence-electron chi connectivity index (χ4n) is 2.92. The van der Waals surface area contributed by atoms with Gasteiger partial charge in [-0.05, 0) is 44.0 Å². The number of hydrogen-bond donors (Lipinski definition) is 2. The fraction of sp³-hybridized carbons (Fsp3) is 0.429. The highest BCUT2D eigenvalue weighted by Crippen LogP contribution is 2.40. The number of carbonyl (C=O) groups is 1. The molecule has 0 unspecified atom stereocenters. The number of ether oxygens (including phenoxy) is 1. The predicted octanol–water partition coefficient (Wildman–Crippen LogP) is 1.95. The lowest BCUT2D eigenvalue weighted by Crippen LogP contribution is -2.48. The van der Waals surface area contributed by atoms with Gasteiger partial charge < -0.3 is 15.4 Å². The van der Waals surface area contributed by atoms with Crippen LogP contribution in [0.1, 0.15) is 25.3 Å². The first-order chi connectivity index (χ1) is 13.8. The number of nitrogens with two attached hydrogens (primary N) is 1. The van der Waals surface area contributed by atoms with Crippen molar-refractivity contribution in [3.8, 4) is 5.75 Å². The van der Waals surface area contributed by atoms with Crippen molar-refractivity contribution in [2.45, 2.75) is 25.4 Å². The van der Waals surface area contributed by atoms with Crippen LogP contribution >= 0.6 is 0 Å². The molecule has 8 heteroatoms. The van der Waals surface area contributed by atoms with Gasteiger partial charge >= 0.3 is 0 Å². The van der Waals surface area contributed by atoms with Crippen LogP contribution < -0.4 is 10.5 Å². The molecule has 1 aliphatic heterocycles. The van der Waals surface area contributed by atoms with Crippen LogP contribution in [0.5, 0.6) is 5.75 Å². The Morgan fingerprint density at radius 2 is 2.17 bits per heavy atom. The van der Waals surface area contributed by atoms with Gasteiger partial charge in [0.05, 0.1) is 24.6 Å². The summed E-state index contributed by atoms with van der Waals surface area (Å²) in [5.74, 6) is 0.775. The van der Waals surface area contributed by atoms with Crippen LogP contribution in [0.25, 0.3) is 0 Å². The average molecular weight is 396 g/mol. The number of carbonyl (C=O) groups excluding carboxylic acids is 1. The maximum atomic E-state index is 11.7. The summed E-state index contributed by atoms with van der Waals surface area (Å²) in [5.41, 5.74) is 7.51. The van der Waals surface area contributed by atoms with Crippen LogP contribution in [0.2, 0.25) is 0 Å². The number of rotatable bonds is 8. The van der Waals surface area contributed by atoms with E-state index in [1.807, 2.05) is 11.0 Å². The zero-order valence-corrected chi connectivity index (χ0v) is 17.0. The van der Waals surface area contributed by atoms with E-state index in [2.05, 4.69) is 23.5 Å². The second-order valence-corrected chi connectivity index (χ2v) is 7.70. The molecule has 8 nitrogen and oxygen atoms in total. The molecule has 1 aromatic rings. The van der Waals surface area contributed by atoms with Crippen molar-refractivity contribution >= 4 is 29.4 Å². The van der Waals surface area contributed by atoms with Crippen LogP contribution in [0, 0.1) is 5.41 Å². The van der Waals surface area contributed by atoms with Gasteiger partial charge in [-0.15, -0.1) is 0 Å². The Labute approximate surface area is 171 Å². The van der Waals surface area contributed by atoms with E-state index in [0.29, 0.717) is 42.5 Å². The Morgan fingerprint density at radius 3 is 2.83 bits per heavy atom. The SMILES string of the molecule is C=C/C(=N\C=N/CN1CCN(C)C(=O)C1)C(=N)c1cc(OC2(C)CC2)ccc1N. The van der Waals surface area contributed by atoms with Gasteiger partial charge in [-0.1, -0.05) is 6.58 Å². The number of nitrogens with zero attached hydrogens (tertiary/aromatic N) is 4. The third-order valence-electron chi connectivity index (χ3n) is 5.16. The second kappa shape index (κ2) is 8.57. The third-order valence-corrected chi connectivity index (χ3v) is 5.16. The van der Waals surface area contributed by atoms with Gasteiger partial charge in [-0.2, -0.15) is 0 Å². The highest BCUT2D eigenvalue weighted by atomic mass is 16.5. The van der Waals surface area contributed by atoms with Gasteiger partial charge in [0.2, 0.25) is 5.91 Å². The number of nitrogens with one attached hydrogen (secondary N) is 1. The normalized spacial score (nSPS) is 19.4. The van der Waals surface area contributed by atoms with Gasteiger partial charge in [0.1, 0.15) is 17.7 Å². The summed E-state index contributed by atoms with van der Waals surface area (Å²) in [5, 5.41) is 8.49. The number of aliphatic imine (C=N–C) groups is 2. The number of amides is 1. The smallest absolute Gasteiger partial charge is 0.236 e. The highest BCUT2D eigenvalue weighted by Gasteiger charge is 2.40. The van der Waals surface area contributed by atoms with Crippen LogP contribution in [0.4, 0.5) is 5.69 Å². The molecule has 1 heterocycles. The molecule has 154 valence electrons. The van der Waals surface area contributed by atoms with Crippen molar-refractivity contribution in [3.63, 3.8) is 0 Å². The number of benzene rings is 1. The van der Waals surface area contributed by atoms with E-state index in [4.69, 9.17) is 15.9 Å². The minimum Gasteiger partial charge on any atom is -0.488 e. The maximum Gasteiger partial charge on any atom is 0.236 e. The molecule has 0 radical (unpaired) electrons. The zero-order valence-electron chi connectivity index (χ0n) is 17.0. The molecule has 1 saturated heterocycles. The van der Waals surface area contributed by atoms with Crippen LogP contribution in [-0.4, -0.2) is 72.4 Å². The lowest BCUT2D eigenvalue weighted by atomic mass is 10.0. The van der Waals surface area contributed by atoms with Gasteiger partial charge in [0, 0.05) is 31.4 Å². The minimum absolute atomic E-state index is 0.0844. The lowest BCUT2D eigenvalue weighted by Gasteiger charge is -2.30. The molecule has 3 rings (SSSR count). The molecule has 2 fully saturated rings. The standard InChI is InChI=1S/C21H28N6O2/c1-4-18(25-13-24-14-27-10-9-26(3)19(28)12-27)20(23)16-11-15(5-6-17(16)22)29-21(2)7-8-21/h4-6,11,13,23H,1,7-10,12,14,22H2,2-3H3/b23-20?,24-13-,25-18+. The van der Waals surface area contributed by atoms with Gasteiger partial charge in [0.15, 0.2) is 0 Å². The van der Waals surface area contributed by atoms with Crippen LogP contribution in [-0.2, 0) is 4.79 Å². The first-order valence-electron chi connectivity index (χ1n) is 9.64. The van der Waals surface area contributed by atoms with Crippen molar-refractivity contribution < 1.29 is 9.53 Å². The van der Waals surface area contributed by atoms with Crippen LogP contribution in [0.15, 0.2) is 40.8 Å². The van der Waals surface area contributed by atoms with Crippen molar-refractivity contribution in [2.75, 3.05) is 39.1 Å². The molecule has 1 aromatic carbocycles. The maximum absolute atomic E-state index is 11.7. The first kappa shape index (κ1) is 20.7. The molecular formula is C21H28N6O2. The molecule has 1 amide bonds. The summed E-state index contributed by atoms with van der Waals surface area (Å²) in [6.45, 7) is 8.01. The van der Waals surface area contributed by atoms with E-state index >= 15 is 0 Å². The zero-order chi connectivity index (χ0) is 21.0. The Kier molecular flexibility index (Phi) is 6.12. The van der Waals surface area contributed by atoms with E-state index in [9.17, 15) is 4.79 Å². The Morgan fingerprint density at radius 1 is 1.41 bits per heavy atom. The number of piperazine rings is 1. The van der Waals surface area contributed by atoms with Crippen molar-refractivity contribution in [1.29, 1.82) is 5.41 Å². The molecule has 0 spiro atoms. The van der Waals surface area contributed by atoms with Crippen molar-refractivity contribution in [2.24, 2.45) is 9.98 Å². The molecule has 1 aliphatic carbocycles. The van der Waals surface area contributed by atoms with Crippen LogP contribution in [0.3, 0.4) is 0 Å². The number of anilines is 1. The average Bonchev–Trinajstić information content (AvgIpc) is 3.42. The molecule has 0 aromatic heterocycles. The van der Waals surface area contributed by atoms with E-state index in [1.165, 1.54) is 12.4 Å². The molecule has 0 atom stereocenters. The van der Waals surface area contributed by atoms with Crippen molar-refractivity contribution in [3.05, 3.63) is 36.4 Å². The second-order valence-electron chi connectivity index (χ2n) is 7.70. The predicted molar refractivity (Wildman–Crippen MR) is 116 cm³/mol. The summed E-state index contributed by atoms with van der Waals surface area (Å²) in [7, 11) is 1.80.